The van der Waals surface area contributed by atoms with Crippen LogP contribution in [0.4, 0.5) is 0 Å². The number of aromatic nitrogens is 3. The third kappa shape index (κ3) is 4.04. The smallest absolute Gasteiger partial charge is 0.223 e. The van der Waals surface area contributed by atoms with Crippen LogP contribution in [0, 0.1) is 10.7 Å². The largest absolute Gasteiger partial charge is 0.349 e. The van der Waals surface area contributed by atoms with Crippen LogP contribution in [0.3, 0.4) is 0 Å². The minimum Gasteiger partial charge on any atom is -0.349 e. The lowest BCUT2D eigenvalue weighted by Crippen LogP contribution is -2.32. The predicted molar refractivity (Wildman–Crippen MR) is 91.9 cm³/mol. The van der Waals surface area contributed by atoms with Crippen LogP contribution < -0.4 is 5.32 Å². The van der Waals surface area contributed by atoms with Crippen LogP contribution in [0.1, 0.15) is 24.7 Å². The number of halogens is 1. The molecule has 0 radical (unpaired) electrons. The van der Waals surface area contributed by atoms with E-state index in [4.69, 9.17) is 12.2 Å². The normalized spacial score (nSPS) is 12.1. The van der Waals surface area contributed by atoms with E-state index in [1.807, 2.05) is 38.2 Å². The van der Waals surface area contributed by atoms with Gasteiger partial charge in [-0.25, -0.2) is 0 Å². The zero-order valence-electron chi connectivity index (χ0n) is 12.6. The molecule has 118 valence electrons. The number of hydrogen-bond donors (Lipinski definition) is 2. The fourth-order valence-electron chi connectivity index (χ4n) is 2.20. The van der Waals surface area contributed by atoms with Crippen molar-refractivity contribution in [3.63, 3.8) is 0 Å². The average Bonchev–Trinajstić information content (AvgIpc) is 2.83. The second kappa shape index (κ2) is 7.69. The van der Waals surface area contributed by atoms with Crippen LogP contribution in [-0.2, 0) is 24.8 Å². The molecule has 0 aliphatic heterocycles. The summed E-state index contributed by atoms with van der Waals surface area (Å²) in [5, 5.41) is 9.74. The number of nitrogens with one attached hydrogen (secondary N) is 2. The van der Waals surface area contributed by atoms with Crippen LogP contribution in [0.2, 0.25) is 0 Å². The molecule has 5 nitrogen and oxygen atoms in total. The molecular weight excluding hydrogens is 364 g/mol. The summed E-state index contributed by atoms with van der Waals surface area (Å²) in [4.78, 5) is 12.4. The molecule has 7 heteroatoms. The summed E-state index contributed by atoms with van der Waals surface area (Å²) in [5.41, 5.74) is 1.14. The van der Waals surface area contributed by atoms with Gasteiger partial charge in [0.05, 0.1) is 6.54 Å². The van der Waals surface area contributed by atoms with E-state index in [1.54, 1.807) is 4.57 Å². The maximum atomic E-state index is 12.4. The fraction of sp³-hybridized carbons (Fsp3) is 0.400. The van der Waals surface area contributed by atoms with Gasteiger partial charge in [-0.05, 0) is 36.7 Å². The molecule has 2 N–H and O–H groups in total. The van der Waals surface area contributed by atoms with Crippen LogP contribution >= 0.6 is 28.1 Å². The van der Waals surface area contributed by atoms with E-state index in [9.17, 15) is 4.79 Å². The lowest BCUT2D eigenvalue weighted by molar-refractivity contribution is -0.125. The van der Waals surface area contributed by atoms with Crippen molar-refractivity contribution in [2.45, 2.75) is 26.3 Å². The van der Waals surface area contributed by atoms with Crippen LogP contribution in [-0.4, -0.2) is 20.7 Å². The molecule has 2 rings (SSSR count). The number of carbonyl (C=O) groups excluding carboxylic acids is 1. The molecule has 0 bridgehead atoms. The molecule has 2 aromatic rings. The Hall–Kier alpha value is -1.47. The Labute approximate surface area is 143 Å². The molecule has 0 spiro atoms. The van der Waals surface area contributed by atoms with Gasteiger partial charge in [0.1, 0.15) is 0 Å². The van der Waals surface area contributed by atoms with Crippen LogP contribution in [0.5, 0.6) is 0 Å². The van der Waals surface area contributed by atoms with Crippen molar-refractivity contribution in [3.05, 3.63) is 44.9 Å². The number of nitrogens with zero attached hydrogens (tertiary/aromatic N) is 2. The maximum absolute atomic E-state index is 12.4. The van der Waals surface area contributed by atoms with Gasteiger partial charge in [0, 0.05) is 17.4 Å². The Morgan fingerprint density at radius 3 is 2.82 bits per heavy atom. The quantitative estimate of drug-likeness (QED) is 0.754. The molecule has 0 saturated carbocycles. The number of carbonyl (C=O) groups is 1. The lowest BCUT2D eigenvalue weighted by Gasteiger charge is -2.15. The topological polar surface area (TPSA) is 62.7 Å². The monoisotopic (exact) mass is 382 g/mol. The summed E-state index contributed by atoms with van der Waals surface area (Å²) in [6.45, 7) is 2.39. The van der Waals surface area contributed by atoms with Gasteiger partial charge < -0.3 is 9.88 Å². The number of rotatable bonds is 6. The van der Waals surface area contributed by atoms with E-state index in [0.717, 1.165) is 16.5 Å². The SMILES string of the molecule is CC[C@@H](Cc1ccccc1Br)C(=O)NCc1n[nH]c(=S)n1C. The number of aromatic amines is 1. The highest BCUT2D eigenvalue weighted by Gasteiger charge is 2.18. The van der Waals surface area contributed by atoms with Gasteiger partial charge in [-0.15, -0.1) is 0 Å². The second-order valence-corrected chi connectivity index (χ2v) is 6.36. The van der Waals surface area contributed by atoms with E-state index in [0.29, 0.717) is 23.6 Å². The second-order valence-electron chi connectivity index (χ2n) is 5.12. The van der Waals surface area contributed by atoms with Crippen molar-refractivity contribution in [1.82, 2.24) is 20.1 Å². The molecule has 22 heavy (non-hydrogen) atoms. The molecule has 1 aromatic carbocycles. The third-order valence-electron chi connectivity index (χ3n) is 3.68. The van der Waals surface area contributed by atoms with Crippen LogP contribution in [0.25, 0.3) is 0 Å². The first-order valence-electron chi connectivity index (χ1n) is 7.14. The first-order valence-corrected chi connectivity index (χ1v) is 8.34. The van der Waals surface area contributed by atoms with Gasteiger partial charge in [-0.1, -0.05) is 41.1 Å². The van der Waals surface area contributed by atoms with Crippen LogP contribution in [0.15, 0.2) is 28.7 Å². The Morgan fingerprint density at radius 2 is 2.23 bits per heavy atom. The highest BCUT2D eigenvalue weighted by atomic mass is 79.9. The molecule has 0 aliphatic carbocycles. The van der Waals surface area contributed by atoms with Gasteiger partial charge in [0.15, 0.2) is 10.6 Å². The molecule has 0 fully saturated rings. The maximum Gasteiger partial charge on any atom is 0.223 e. The minimum atomic E-state index is -0.0640. The summed E-state index contributed by atoms with van der Waals surface area (Å²) in [7, 11) is 1.83. The highest BCUT2D eigenvalue weighted by molar-refractivity contribution is 9.10. The van der Waals surface area contributed by atoms with E-state index in [1.165, 1.54) is 0 Å². The Kier molecular flexibility index (Phi) is 5.90. The van der Waals surface area contributed by atoms with Gasteiger partial charge in [-0.3, -0.25) is 9.89 Å². The van der Waals surface area contributed by atoms with E-state index in [2.05, 4.69) is 31.4 Å². The van der Waals surface area contributed by atoms with Crippen molar-refractivity contribution >= 4 is 34.1 Å². The first-order chi connectivity index (χ1) is 10.5. The molecule has 1 atom stereocenters. The molecule has 1 aromatic heterocycles. The number of hydrogen-bond acceptors (Lipinski definition) is 3. The van der Waals surface area contributed by atoms with E-state index < -0.39 is 0 Å². The van der Waals surface area contributed by atoms with Gasteiger partial charge in [0.25, 0.3) is 0 Å². The zero-order valence-corrected chi connectivity index (χ0v) is 15.0. The van der Waals surface area contributed by atoms with Gasteiger partial charge in [0.2, 0.25) is 5.91 Å². The number of amides is 1. The molecule has 0 aliphatic rings. The van der Waals surface area contributed by atoms with Gasteiger partial charge >= 0.3 is 0 Å². The zero-order chi connectivity index (χ0) is 16.1. The van der Waals surface area contributed by atoms with E-state index in [-0.39, 0.29) is 11.8 Å². The van der Waals surface area contributed by atoms with Crippen molar-refractivity contribution in [2.24, 2.45) is 13.0 Å². The van der Waals surface area contributed by atoms with Gasteiger partial charge in [-0.2, -0.15) is 5.10 Å². The summed E-state index contributed by atoms with van der Waals surface area (Å²) in [6, 6.07) is 7.99. The molecule has 1 amide bonds. The molecular formula is C15H19BrN4OS. The molecule has 1 heterocycles. The Balaban J connectivity index is 1.99. The summed E-state index contributed by atoms with van der Waals surface area (Å²) in [6.07, 6.45) is 1.49. The summed E-state index contributed by atoms with van der Waals surface area (Å²) in [5.74, 6) is 0.687. The molecule has 0 unspecified atom stereocenters. The molecule has 0 saturated heterocycles. The first kappa shape index (κ1) is 16.9. The number of H-pyrrole nitrogens is 1. The average molecular weight is 383 g/mol. The van der Waals surface area contributed by atoms with Crippen molar-refractivity contribution in [2.75, 3.05) is 0 Å². The van der Waals surface area contributed by atoms with Crippen molar-refractivity contribution in [1.29, 1.82) is 0 Å². The fourth-order valence-corrected chi connectivity index (χ4v) is 2.80. The number of benzene rings is 1. The lowest BCUT2D eigenvalue weighted by atomic mass is 9.96. The Bertz CT molecular complexity index is 710. The highest BCUT2D eigenvalue weighted by Crippen LogP contribution is 2.21. The minimum absolute atomic E-state index is 0.0344. The van der Waals surface area contributed by atoms with Crippen molar-refractivity contribution < 1.29 is 4.79 Å². The summed E-state index contributed by atoms with van der Waals surface area (Å²) < 4.78 is 3.34. The Morgan fingerprint density at radius 1 is 1.50 bits per heavy atom. The van der Waals surface area contributed by atoms with E-state index >= 15 is 0 Å². The summed E-state index contributed by atoms with van der Waals surface area (Å²) >= 11 is 8.59. The third-order valence-corrected chi connectivity index (χ3v) is 4.82. The van der Waals surface area contributed by atoms with Crippen molar-refractivity contribution in [3.8, 4) is 0 Å². The predicted octanol–water partition coefficient (Wildman–Crippen LogP) is 3.13. The standard InChI is InChI=1S/C15H19BrN4OS/c1-3-10(8-11-6-4-5-7-12(11)16)14(21)17-9-13-18-19-15(22)20(13)2/h4-7,10H,3,8-9H2,1-2H3,(H,17,21)(H,19,22)/t10-/m0/s1.